The molecule has 0 spiro atoms. The number of carbonyl (C=O) groups is 2. The lowest BCUT2D eigenvalue weighted by molar-refractivity contribution is -0.144. The molecule has 0 unspecified atom stereocenters. The summed E-state index contributed by atoms with van der Waals surface area (Å²) in [5.41, 5.74) is 0. The topological polar surface area (TPSA) is 69.6 Å². The van der Waals surface area contributed by atoms with E-state index in [1.54, 1.807) is 0 Å². The fourth-order valence-electron chi connectivity index (χ4n) is 3.50. The molecule has 21 heavy (non-hydrogen) atoms. The summed E-state index contributed by atoms with van der Waals surface area (Å²) < 4.78 is 0. The summed E-state index contributed by atoms with van der Waals surface area (Å²) in [7, 11) is 2.16. The van der Waals surface area contributed by atoms with E-state index in [1.165, 1.54) is 12.8 Å². The lowest BCUT2D eigenvalue weighted by atomic mass is 9.81. The normalized spacial score (nSPS) is 28.2. The van der Waals surface area contributed by atoms with E-state index in [4.69, 9.17) is 5.11 Å². The number of hydrogen-bond acceptors (Lipinski definition) is 3. The molecular weight excluding hydrogens is 268 g/mol. The summed E-state index contributed by atoms with van der Waals surface area (Å²) in [6.07, 6.45) is 6.26. The number of carbonyl (C=O) groups excluding carboxylic acids is 1. The van der Waals surface area contributed by atoms with E-state index in [2.05, 4.69) is 17.3 Å². The molecule has 0 atom stereocenters. The molecule has 1 aliphatic carbocycles. The number of carboxylic acids is 1. The third kappa shape index (κ3) is 4.99. The molecule has 2 aliphatic rings. The maximum absolute atomic E-state index is 12.1. The van der Waals surface area contributed by atoms with Gasteiger partial charge in [-0.1, -0.05) is 0 Å². The van der Waals surface area contributed by atoms with Gasteiger partial charge in [0.15, 0.2) is 0 Å². The Morgan fingerprint density at radius 2 is 1.62 bits per heavy atom. The Morgan fingerprint density at radius 1 is 1.05 bits per heavy atom. The van der Waals surface area contributed by atoms with Crippen molar-refractivity contribution in [2.45, 2.75) is 44.9 Å². The molecule has 1 amide bonds. The van der Waals surface area contributed by atoms with Gasteiger partial charge in [0.2, 0.25) is 5.91 Å². The average Bonchev–Trinajstić information content (AvgIpc) is 2.49. The summed E-state index contributed by atoms with van der Waals surface area (Å²) in [4.78, 5) is 25.4. The molecule has 0 aromatic heterocycles. The van der Waals surface area contributed by atoms with Crippen molar-refractivity contribution in [3.63, 3.8) is 0 Å². The minimum atomic E-state index is -0.712. The zero-order chi connectivity index (χ0) is 15.2. The highest BCUT2D eigenvalue weighted by molar-refractivity contribution is 5.79. The van der Waals surface area contributed by atoms with Crippen molar-refractivity contribution in [3.8, 4) is 0 Å². The van der Waals surface area contributed by atoms with Crippen LogP contribution in [0.4, 0.5) is 0 Å². The molecule has 1 saturated carbocycles. The minimum Gasteiger partial charge on any atom is -0.481 e. The Balaban J connectivity index is 1.61. The van der Waals surface area contributed by atoms with E-state index in [0.717, 1.165) is 44.8 Å². The monoisotopic (exact) mass is 296 g/mol. The van der Waals surface area contributed by atoms with Gasteiger partial charge in [-0.15, -0.1) is 0 Å². The standard InChI is InChI=1S/C16H28N2O3/c1-18-10-7-12(8-11-18)6-9-17-15(19)13-2-4-14(5-3-13)16(20)21/h12-14H,2-11H2,1H3,(H,17,19)(H,20,21). The van der Waals surface area contributed by atoms with E-state index in [1.807, 2.05) is 0 Å². The molecule has 0 aromatic rings. The van der Waals surface area contributed by atoms with Crippen LogP contribution in [0.2, 0.25) is 0 Å². The quantitative estimate of drug-likeness (QED) is 0.810. The molecule has 1 heterocycles. The molecule has 0 aromatic carbocycles. The molecule has 5 nitrogen and oxygen atoms in total. The number of amides is 1. The highest BCUT2D eigenvalue weighted by Gasteiger charge is 2.29. The van der Waals surface area contributed by atoms with Gasteiger partial charge < -0.3 is 15.3 Å². The van der Waals surface area contributed by atoms with Gasteiger partial charge in [0, 0.05) is 12.5 Å². The fourth-order valence-corrected chi connectivity index (χ4v) is 3.50. The number of likely N-dealkylation sites (tertiary alicyclic amines) is 1. The SMILES string of the molecule is CN1CCC(CCNC(=O)C2CCC(C(=O)O)CC2)CC1. The van der Waals surface area contributed by atoms with Gasteiger partial charge in [-0.2, -0.15) is 0 Å². The van der Waals surface area contributed by atoms with E-state index in [9.17, 15) is 9.59 Å². The summed E-state index contributed by atoms with van der Waals surface area (Å²) in [5, 5.41) is 12.0. The van der Waals surface area contributed by atoms with Crippen molar-refractivity contribution < 1.29 is 14.7 Å². The Kier molecular flexibility index (Phi) is 6.03. The molecule has 2 fully saturated rings. The first-order valence-electron chi connectivity index (χ1n) is 8.25. The maximum atomic E-state index is 12.1. The molecule has 5 heteroatoms. The molecule has 120 valence electrons. The average molecular weight is 296 g/mol. The third-order valence-corrected chi connectivity index (χ3v) is 5.14. The van der Waals surface area contributed by atoms with Crippen LogP contribution in [-0.4, -0.2) is 48.6 Å². The van der Waals surface area contributed by atoms with Crippen molar-refractivity contribution in [2.75, 3.05) is 26.7 Å². The molecule has 1 saturated heterocycles. The van der Waals surface area contributed by atoms with Crippen LogP contribution in [0.25, 0.3) is 0 Å². The Labute approximate surface area is 127 Å². The van der Waals surface area contributed by atoms with Crippen LogP contribution in [0, 0.1) is 17.8 Å². The van der Waals surface area contributed by atoms with Crippen molar-refractivity contribution in [2.24, 2.45) is 17.8 Å². The minimum absolute atomic E-state index is 0.0260. The van der Waals surface area contributed by atoms with Gasteiger partial charge in [-0.05, 0) is 71.0 Å². The summed E-state index contributed by atoms with van der Waals surface area (Å²) in [6.45, 7) is 3.10. The summed E-state index contributed by atoms with van der Waals surface area (Å²) in [5.74, 6) is -0.0569. The van der Waals surface area contributed by atoms with Crippen molar-refractivity contribution >= 4 is 11.9 Å². The Morgan fingerprint density at radius 3 is 2.19 bits per heavy atom. The van der Waals surface area contributed by atoms with Crippen molar-refractivity contribution in [1.82, 2.24) is 10.2 Å². The first kappa shape index (κ1) is 16.3. The zero-order valence-corrected chi connectivity index (χ0v) is 13.0. The second-order valence-electron chi connectivity index (χ2n) is 6.71. The lowest BCUT2D eigenvalue weighted by Gasteiger charge is -2.29. The highest BCUT2D eigenvalue weighted by Crippen LogP contribution is 2.29. The molecular formula is C16H28N2O3. The van der Waals surface area contributed by atoms with Gasteiger partial charge in [0.25, 0.3) is 0 Å². The number of hydrogen-bond donors (Lipinski definition) is 2. The predicted molar refractivity (Wildman–Crippen MR) is 80.9 cm³/mol. The molecule has 2 N–H and O–H groups in total. The van der Waals surface area contributed by atoms with E-state index in [0.29, 0.717) is 12.8 Å². The van der Waals surface area contributed by atoms with E-state index < -0.39 is 5.97 Å². The lowest BCUT2D eigenvalue weighted by Crippen LogP contribution is -2.36. The molecule has 0 bridgehead atoms. The van der Waals surface area contributed by atoms with Crippen LogP contribution >= 0.6 is 0 Å². The maximum Gasteiger partial charge on any atom is 0.306 e. The first-order valence-corrected chi connectivity index (χ1v) is 8.25. The van der Waals surface area contributed by atoms with Gasteiger partial charge in [-0.3, -0.25) is 9.59 Å². The van der Waals surface area contributed by atoms with Crippen LogP contribution in [0.5, 0.6) is 0 Å². The number of nitrogens with zero attached hydrogens (tertiary/aromatic N) is 1. The van der Waals surface area contributed by atoms with Crippen LogP contribution in [-0.2, 0) is 9.59 Å². The number of piperidine rings is 1. The first-order chi connectivity index (χ1) is 10.1. The third-order valence-electron chi connectivity index (χ3n) is 5.14. The number of rotatable bonds is 5. The van der Waals surface area contributed by atoms with E-state index in [-0.39, 0.29) is 17.7 Å². The van der Waals surface area contributed by atoms with Crippen LogP contribution in [0.1, 0.15) is 44.9 Å². The number of aliphatic carboxylic acids is 1. The fraction of sp³-hybridized carbons (Fsp3) is 0.875. The molecule has 2 rings (SSSR count). The van der Waals surface area contributed by atoms with Crippen molar-refractivity contribution in [1.29, 1.82) is 0 Å². The van der Waals surface area contributed by atoms with Gasteiger partial charge in [0.1, 0.15) is 0 Å². The second kappa shape index (κ2) is 7.78. The van der Waals surface area contributed by atoms with Gasteiger partial charge in [-0.25, -0.2) is 0 Å². The predicted octanol–water partition coefficient (Wildman–Crippen LogP) is 1.73. The zero-order valence-electron chi connectivity index (χ0n) is 13.0. The Hall–Kier alpha value is -1.10. The van der Waals surface area contributed by atoms with Gasteiger partial charge in [0.05, 0.1) is 5.92 Å². The largest absolute Gasteiger partial charge is 0.481 e. The van der Waals surface area contributed by atoms with Gasteiger partial charge >= 0.3 is 5.97 Å². The van der Waals surface area contributed by atoms with Crippen LogP contribution in [0.15, 0.2) is 0 Å². The van der Waals surface area contributed by atoms with Crippen molar-refractivity contribution in [3.05, 3.63) is 0 Å². The smallest absolute Gasteiger partial charge is 0.306 e. The second-order valence-corrected chi connectivity index (χ2v) is 6.71. The Bertz CT molecular complexity index is 357. The number of carboxylic acid groups (broad SMARTS) is 1. The summed E-state index contributed by atoms with van der Waals surface area (Å²) >= 11 is 0. The van der Waals surface area contributed by atoms with Crippen LogP contribution in [0.3, 0.4) is 0 Å². The van der Waals surface area contributed by atoms with Crippen LogP contribution < -0.4 is 5.32 Å². The van der Waals surface area contributed by atoms with E-state index >= 15 is 0 Å². The number of nitrogens with one attached hydrogen (secondary N) is 1. The molecule has 0 radical (unpaired) electrons. The molecule has 1 aliphatic heterocycles. The summed E-state index contributed by atoms with van der Waals surface area (Å²) in [6, 6.07) is 0. The highest BCUT2D eigenvalue weighted by atomic mass is 16.4.